The van der Waals surface area contributed by atoms with E-state index in [-0.39, 0.29) is 16.8 Å². The number of hydrogen-bond acceptors (Lipinski definition) is 6. The minimum Gasteiger partial charge on any atom is -0.324 e. The number of nitro groups is 1. The van der Waals surface area contributed by atoms with Crippen molar-refractivity contribution in [3.05, 3.63) is 67.6 Å². The van der Waals surface area contributed by atoms with Crippen LogP contribution in [-0.4, -0.2) is 15.6 Å². The summed E-state index contributed by atoms with van der Waals surface area (Å²) in [6.45, 7) is 0. The predicted octanol–water partition coefficient (Wildman–Crippen LogP) is 2.31. The molecular weight excluding hydrogens is 310 g/mol. The summed E-state index contributed by atoms with van der Waals surface area (Å²) in [4.78, 5) is 24.6. The fraction of sp³-hybridized carbons (Fsp3) is 0.188. The Morgan fingerprint density at radius 3 is 2.71 bits per heavy atom. The molecule has 2 aromatic rings. The molecule has 0 fully saturated rings. The Labute approximate surface area is 136 Å². The Kier molecular flexibility index (Phi) is 4.07. The van der Waals surface area contributed by atoms with E-state index < -0.39 is 4.92 Å². The number of aromatic amines is 1. The lowest BCUT2D eigenvalue weighted by molar-refractivity contribution is -0.384. The Hall–Kier alpha value is -3.47. The standard InChI is InChI=1S/C16H13N5O3/c17-9-10-8-13-14(18-16(10)22)2-1-3-15(13)20-19-11-4-6-12(7-5-11)21(23)24/h4-8,19H,1-3H2,(H,18,22). The highest BCUT2D eigenvalue weighted by Gasteiger charge is 2.18. The second-order valence-corrected chi connectivity index (χ2v) is 5.34. The number of non-ortho nitro benzene ring substituents is 1. The highest BCUT2D eigenvalue weighted by atomic mass is 16.6. The van der Waals surface area contributed by atoms with Crippen LogP contribution in [0.2, 0.25) is 0 Å². The van der Waals surface area contributed by atoms with Crippen molar-refractivity contribution >= 4 is 17.1 Å². The van der Waals surface area contributed by atoms with Crippen molar-refractivity contribution in [3.63, 3.8) is 0 Å². The summed E-state index contributed by atoms with van der Waals surface area (Å²) in [7, 11) is 0. The number of aromatic nitrogens is 1. The molecule has 0 unspecified atom stereocenters. The fourth-order valence-corrected chi connectivity index (χ4v) is 2.58. The number of anilines is 1. The van der Waals surface area contributed by atoms with E-state index in [1.165, 1.54) is 12.1 Å². The molecule has 1 aromatic carbocycles. The van der Waals surface area contributed by atoms with Gasteiger partial charge in [0.1, 0.15) is 11.6 Å². The molecule has 8 heteroatoms. The van der Waals surface area contributed by atoms with E-state index >= 15 is 0 Å². The number of nitrogens with zero attached hydrogens (tertiary/aromatic N) is 3. The minimum atomic E-state index is -0.465. The number of nitro benzene ring substituents is 1. The van der Waals surface area contributed by atoms with Gasteiger partial charge in [-0.25, -0.2) is 0 Å². The zero-order valence-corrected chi connectivity index (χ0v) is 12.6. The van der Waals surface area contributed by atoms with E-state index in [0.717, 1.165) is 29.8 Å². The number of H-pyrrole nitrogens is 1. The quantitative estimate of drug-likeness (QED) is 0.662. The van der Waals surface area contributed by atoms with Gasteiger partial charge in [-0.15, -0.1) is 0 Å². The van der Waals surface area contributed by atoms with Crippen LogP contribution in [0.3, 0.4) is 0 Å². The number of nitriles is 1. The maximum absolute atomic E-state index is 11.7. The number of rotatable bonds is 3. The number of aryl methyl sites for hydroxylation is 1. The van der Waals surface area contributed by atoms with E-state index in [9.17, 15) is 14.9 Å². The first kappa shape index (κ1) is 15.4. The Bertz CT molecular complexity index is 922. The van der Waals surface area contributed by atoms with Gasteiger partial charge < -0.3 is 4.98 Å². The van der Waals surface area contributed by atoms with Crippen molar-refractivity contribution in [1.29, 1.82) is 5.26 Å². The molecule has 1 aliphatic carbocycles. The molecule has 0 bridgehead atoms. The summed E-state index contributed by atoms with van der Waals surface area (Å²) in [5.41, 5.74) is 5.42. The van der Waals surface area contributed by atoms with Crippen LogP contribution in [0, 0.1) is 21.4 Å². The van der Waals surface area contributed by atoms with Crippen molar-refractivity contribution in [2.45, 2.75) is 19.3 Å². The van der Waals surface area contributed by atoms with E-state index in [4.69, 9.17) is 5.26 Å². The lowest BCUT2D eigenvalue weighted by atomic mass is 9.93. The molecule has 1 aromatic heterocycles. The number of fused-ring (bicyclic) bond motifs is 1. The third-order valence-corrected chi connectivity index (χ3v) is 3.79. The topological polar surface area (TPSA) is 124 Å². The molecule has 24 heavy (non-hydrogen) atoms. The van der Waals surface area contributed by atoms with E-state index in [0.29, 0.717) is 12.1 Å². The van der Waals surface area contributed by atoms with E-state index in [1.807, 2.05) is 6.07 Å². The smallest absolute Gasteiger partial charge is 0.269 e. The number of benzene rings is 1. The van der Waals surface area contributed by atoms with Gasteiger partial charge in [0.2, 0.25) is 0 Å². The molecular formula is C16H13N5O3. The van der Waals surface area contributed by atoms with Gasteiger partial charge in [0, 0.05) is 23.4 Å². The third kappa shape index (κ3) is 3.01. The molecule has 0 aliphatic heterocycles. The lowest BCUT2D eigenvalue weighted by Gasteiger charge is -2.17. The maximum Gasteiger partial charge on any atom is 0.269 e. The highest BCUT2D eigenvalue weighted by Crippen LogP contribution is 2.21. The first-order valence-electron chi connectivity index (χ1n) is 7.32. The third-order valence-electron chi connectivity index (χ3n) is 3.79. The van der Waals surface area contributed by atoms with Gasteiger partial charge in [0.25, 0.3) is 11.2 Å². The van der Waals surface area contributed by atoms with Gasteiger partial charge >= 0.3 is 0 Å². The molecule has 1 heterocycles. The van der Waals surface area contributed by atoms with Crippen molar-refractivity contribution in [3.8, 4) is 6.07 Å². The first-order chi connectivity index (χ1) is 11.6. The van der Waals surface area contributed by atoms with Gasteiger partial charge in [-0.2, -0.15) is 10.4 Å². The van der Waals surface area contributed by atoms with Crippen LogP contribution in [0.4, 0.5) is 11.4 Å². The summed E-state index contributed by atoms with van der Waals surface area (Å²) in [5.74, 6) is 0. The SMILES string of the molecule is N#Cc1cc2c([nH]c1=O)CCCC2=NNc1ccc([N+](=O)[O-])cc1. The molecule has 120 valence electrons. The largest absolute Gasteiger partial charge is 0.324 e. The summed E-state index contributed by atoms with van der Waals surface area (Å²) >= 11 is 0. The van der Waals surface area contributed by atoms with Crippen molar-refractivity contribution in [2.24, 2.45) is 5.10 Å². The van der Waals surface area contributed by atoms with E-state index in [2.05, 4.69) is 15.5 Å². The van der Waals surface area contributed by atoms with Crippen molar-refractivity contribution < 1.29 is 4.92 Å². The summed E-state index contributed by atoms with van der Waals surface area (Å²) in [6, 6.07) is 9.35. The van der Waals surface area contributed by atoms with Crippen LogP contribution < -0.4 is 11.0 Å². The molecule has 0 saturated carbocycles. The summed E-state index contributed by atoms with van der Waals surface area (Å²) < 4.78 is 0. The first-order valence-corrected chi connectivity index (χ1v) is 7.32. The Morgan fingerprint density at radius 1 is 1.29 bits per heavy atom. The minimum absolute atomic E-state index is 0.00690. The lowest BCUT2D eigenvalue weighted by Crippen LogP contribution is -2.22. The number of hydrogen-bond donors (Lipinski definition) is 2. The highest BCUT2D eigenvalue weighted by molar-refractivity contribution is 6.02. The second-order valence-electron chi connectivity index (χ2n) is 5.34. The number of hydrazone groups is 1. The van der Waals surface area contributed by atoms with Crippen LogP contribution in [0.15, 0.2) is 40.2 Å². The average Bonchev–Trinajstić information content (AvgIpc) is 2.59. The molecule has 0 spiro atoms. The second kappa shape index (κ2) is 6.34. The molecule has 0 radical (unpaired) electrons. The van der Waals surface area contributed by atoms with Crippen molar-refractivity contribution in [1.82, 2.24) is 4.98 Å². The zero-order valence-electron chi connectivity index (χ0n) is 12.6. The van der Waals surface area contributed by atoms with Gasteiger partial charge in [-0.1, -0.05) is 0 Å². The normalized spacial score (nSPS) is 14.7. The van der Waals surface area contributed by atoms with Crippen LogP contribution in [-0.2, 0) is 6.42 Å². The molecule has 0 saturated heterocycles. The van der Waals surface area contributed by atoms with Gasteiger partial charge in [-0.3, -0.25) is 20.3 Å². The number of nitrogens with one attached hydrogen (secondary N) is 2. The van der Waals surface area contributed by atoms with Crippen LogP contribution in [0.25, 0.3) is 0 Å². The Balaban J connectivity index is 1.88. The fourth-order valence-electron chi connectivity index (χ4n) is 2.58. The van der Waals surface area contributed by atoms with Crippen LogP contribution in [0.5, 0.6) is 0 Å². The predicted molar refractivity (Wildman–Crippen MR) is 88.0 cm³/mol. The van der Waals surface area contributed by atoms with Crippen LogP contribution >= 0.6 is 0 Å². The van der Waals surface area contributed by atoms with Crippen molar-refractivity contribution in [2.75, 3.05) is 5.43 Å². The zero-order chi connectivity index (χ0) is 17.1. The number of pyridine rings is 1. The molecule has 3 rings (SSSR count). The Morgan fingerprint density at radius 2 is 2.04 bits per heavy atom. The maximum atomic E-state index is 11.7. The summed E-state index contributed by atoms with van der Waals surface area (Å²) in [6.07, 6.45) is 2.28. The van der Waals surface area contributed by atoms with Gasteiger partial charge in [-0.05, 0) is 37.5 Å². The molecule has 0 atom stereocenters. The molecule has 1 aliphatic rings. The van der Waals surface area contributed by atoms with E-state index in [1.54, 1.807) is 18.2 Å². The average molecular weight is 323 g/mol. The van der Waals surface area contributed by atoms with Gasteiger partial charge in [0.05, 0.1) is 16.3 Å². The molecule has 0 amide bonds. The monoisotopic (exact) mass is 323 g/mol. The summed E-state index contributed by atoms with van der Waals surface area (Å²) in [5, 5.41) is 24.0. The molecule has 2 N–H and O–H groups in total. The van der Waals surface area contributed by atoms with Gasteiger partial charge in [0.15, 0.2) is 0 Å². The van der Waals surface area contributed by atoms with Crippen LogP contribution in [0.1, 0.15) is 29.7 Å². The molecule has 8 nitrogen and oxygen atoms in total.